The molecule has 1 fully saturated rings. The van der Waals surface area contributed by atoms with Gasteiger partial charge in [-0.25, -0.2) is 9.97 Å². The van der Waals surface area contributed by atoms with E-state index in [0.29, 0.717) is 29.2 Å². The second-order valence-electron chi connectivity index (χ2n) is 6.34. The van der Waals surface area contributed by atoms with Crippen molar-refractivity contribution in [1.29, 1.82) is 0 Å². The highest BCUT2D eigenvalue weighted by molar-refractivity contribution is 7.14. The van der Waals surface area contributed by atoms with E-state index in [-0.39, 0.29) is 17.5 Å². The molecule has 2 amide bonds. The molecule has 2 aromatic heterocycles. The lowest BCUT2D eigenvalue weighted by molar-refractivity contribution is -0.114. The Bertz CT molecular complexity index is 771. The molecule has 0 aliphatic heterocycles. The van der Waals surface area contributed by atoms with Crippen LogP contribution in [0.1, 0.15) is 49.5 Å². The third-order valence-electron chi connectivity index (χ3n) is 4.22. The number of hydrogen-bond acceptors (Lipinski definition) is 6. The molecule has 0 unspecified atom stereocenters. The average Bonchev–Trinajstić information content (AvgIpc) is 3.10. The van der Waals surface area contributed by atoms with Crippen LogP contribution in [0.3, 0.4) is 0 Å². The SMILES string of the molecule is CC(=O)Nc1nc(C(=O)Nc2ncccc2OCC2CCCCC2)cs1. The standard InChI is InChI=1S/C18H22N4O3S/c1-12(23)20-18-21-14(11-26-18)17(24)22-16-15(8-5-9-19-16)25-10-13-6-3-2-4-7-13/h5,8-9,11,13H,2-4,6-7,10H2,1H3,(H,19,22,24)(H,20,21,23). The highest BCUT2D eigenvalue weighted by atomic mass is 32.1. The highest BCUT2D eigenvalue weighted by Crippen LogP contribution is 2.27. The van der Waals surface area contributed by atoms with Crippen molar-refractivity contribution < 1.29 is 14.3 Å². The highest BCUT2D eigenvalue weighted by Gasteiger charge is 2.17. The van der Waals surface area contributed by atoms with Crippen LogP contribution in [0.5, 0.6) is 5.75 Å². The topological polar surface area (TPSA) is 93.2 Å². The van der Waals surface area contributed by atoms with Gasteiger partial charge in [-0.3, -0.25) is 9.59 Å². The van der Waals surface area contributed by atoms with E-state index in [1.54, 1.807) is 23.7 Å². The summed E-state index contributed by atoms with van der Waals surface area (Å²) < 4.78 is 5.92. The Labute approximate surface area is 156 Å². The van der Waals surface area contributed by atoms with E-state index in [0.717, 1.165) is 0 Å². The summed E-state index contributed by atoms with van der Waals surface area (Å²) in [4.78, 5) is 31.8. The van der Waals surface area contributed by atoms with Gasteiger partial charge >= 0.3 is 0 Å². The molecule has 0 aromatic carbocycles. The molecule has 0 atom stereocenters. The van der Waals surface area contributed by atoms with Crippen molar-refractivity contribution in [3.63, 3.8) is 0 Å². The first-order chi connectivity index (χ1) is 12.6. The first kappa shape index (κ1) is 18.3. The Morgan fingerprint density at radius 3 is 2.85 bits per heavy atom. The molecule has 26 heavy (non-hydrogen) atoms. The van der Waals surface area contributed by atoms with Crippen molar-refractivity contribution in [3.05, 3.63) is 29.4 Å². The maximum absolute atomic E-state index is 12.4. The molecule has 2 aromatic rings. The van der Waals surface area contributed by atoms with Gasteiger partial charge in [0.15, 0.2) is 16.7 Å². The Morgan fingerprint density at radius 2 is 2.08 bits per heavy atom. The number of hydrogen-bond donors (Lipinski definition) is 2. The minimum Gasteiger partial charge on any atom is -0.489 e. The lowest BCUT2D eigenvalue weighted by atomic mass is 9.90. The zero-order valence-electron chi connectivity index (χ0n) is 14.7. The summed E-state index contributed by atoms with van der Waals surface area (Å²) in [5.41, 5.74) is 0.225. The molecule has 7 nitrogen and oxygen atoms in total. The van der Waals surface area contributed by atoms with Gasteiger partial charge in [-0.2, -0.15) is 0 Å². The minimum absolute atomic E-state index is 0.225. The number of thiazole rings is 1. The van der Waals surface area contributed by atoms with Gasteiger partial charge in [0, 0.05) is 18.5 Å². The van der Waals surface area contributed by atoms with Crippen LogP contribution >= 0.6 is 11.3 Å². The smallest absolute Gasteiger partial charge is 0.276 e. The van der Waals surface area contributed by atoms with E-state index in [1.165, 1.54) is 50.4 Å². The minimum atomic E-state index is -0.390. The molecule has 1 saturated carbocycles. The van der Waals surface area contributed by atoms with Gasteiger partial charge in [0.2, 0.25) is 5.91 Å². The van der Waals surface area contributed by atoms with E-state index in [9.17, 15) is 9.59 Å². The second kappa shape index (κ2) is 8.75. The lowest BCUT2D eigenvalue weighted by Crippen LogP contribution is -2.18. The Hall–Kier alpha value is -2.48. The van der Waals surface area contributed by atoms with Crippen LogP contribution in [0.25, 0.3) is 0 Å². The van der Waals surface area contributed by atoms with E-state index < -0.39 is 0 Å². The van der Waals surface area contributed by atoms with Crippen LogP contribution in [0.4, 0.5) is 10.9 Å². The first-order valence-corrected chi connectivity index (χ1v) is 9.62. The van der Waals surface area contributed by atoms with Crippen molar-refractivity contribution >= 4 is 34.1 Å². The zero-order valence-corrected chi connectivity index (χ0v) is 15.5. The number of aromatic nitrogens is 2. The molecular formula is C18H22N4O3S. The maximum Gasteiger partial charge on any atom is 0.276 e. The zero-order chi connectivity index (χ0) is 18.4. The van der Waals surface area contributed by atoms with Crippen molar-refractivity contribution in [3.8, 4) is 5.75 Å². The van der Waals surface area contributed by atoms with Crippen LogP contribution in [0.15, 0.2) is 23.7 Å². The van der Waals surface area contributed by atoms with Gasteiger partial charge in [0.25, 0.3) is 5.91 Å². The number of amides is 2. The van der Waals surface area contributed by atoms with E-state index in [1.807, 2.05) is 0 Å². The summed E-state index contributed by atoms with van der Waals surface area (Å²) in [6, 6.07) is 3.58. The summed E-state index contributed by atoms with van der Waals surface area (Å²) in [5.74, 6) is 0.880. The summed E-state index contributed by atoms with van der Waals surface area (Å²) in [6.07, 6.45) is 7.79. The fourth-order valence-corrected chi connectivity index (χ4v) is 3.66. The molecule has 3 rings (SSSR count). The van der Waals surface area contributed by atoms with Crippen molar-refractivity contribution in [1.82, 2.24) is 9.97 Å². The summed E-state index contributed by atoms with van der Waals surface area (Å²) >= 11 is 1.19. The first-order valence-electron chi connectivity index (χ1n) is 8.74. The summed E-state index contributed by atoms with van der Waals surface area (Å²) in [5, 5.41) is 7.27. The molecule has 8 heteroatoms. The Kier molecular flexibility index (Phi) is 6.17. The van der Waals surface area contributed by atoms with Gasteiger partial charge in [0.1, 0.15) is 5.69 Å². The number of carbonyl (C=O) groups is 2. The van der Waals surface area contributed by atoms with Crippen LogP contribution in [-0.2, 0) is 4.79 Å². The van der Waals surface area contributed by atoms with Gasteiger partial charge in [-0.15, -0.1) is 11.3 Å². The van der Waals surface area contributed by atoms with Crippen molar-refractivity contribution in [2.24, 2.45) is 5.92 Å². The molecule has 1 aliphatic rings. The monoisotopic (exact) mass is 374 g/mol. The Balaban J connectivity index is 1.62. The summed E-state index contributed by atoms with van der Waals surface area (Å²) in [7, 11) is 0. The molecular weight excluding hydrogens is 352 g/mol. The van der Waals surface area contributed by atoms with Crippen LogP contribution in [0, 0.1) is 5.92 Å². The quantitative estimate of drug-likeness (QED) is 0.804. The number of nitrogens with zero attached hydrogens (tertiary/aromatic N) is 2. The van der Waals surface area contributed by atoms with E-state index in [2.05, 4.69) is 20.6 Å². The lowest BCUT2D eigenvalue weighted by Gasteiger charge is -2.22. The molecule has 2 N–H and O–H groups in total. The number of rotatable bonds is 6. The van der Waals surface area contributed by atoms with Crippen LogP contribution in [-0.4, -0.2) is 28.4 Å². The molecule has 1 aliphatic carbocycles. The number of pyridine rings is 1. The maximum atomic E-state index is 12.4. The van der Waals surface area contributed by atoms with E-state index >= 15 is 0 Å². The number of nitrogens with one attached hydrogen (secondary N) is 2. The average molecular weight is 374 g/mol. The second-order valence-corrected chi connectivity index (χ2v) is 7.20. The van der Waals surface area contributed by atoms with Crippen molar-refractivity contribution in [2.75, 3.05) is 17.2 Å². The van der Waals surface area contributed by atoms with Crippen LogP contribution < -0.4 is 15.4 Å². The van der Waals surface area contributed by atoms with Gasteiger partial charge in [-0.05, 0) is 30.9 Å². The number of ether oxygens (including phenoxy) is 1. The van der Waals surface area contributed by atoms with E-state index in [4.69, 9.17) is 4.74 Å². The molecule has 2 heterocycles. The molecule has 0 bridgehead atoms. The molecule has 0 spiro atoms. The molecule has 138 valence electrons. The summed E-state index contributed by atoms with van der Waals surface area (Å²) in [6.45, 7) is 2.03. The molecule has 0 radical (unpaired) electrons. The fraction of sp³-hybridized carbons (Fsp3) is 0.444. The fourth-order valence-electron chi connectivity index (χ4n) is 2.92. The third-order valence-corrected chi connectivity index (χ3v) is 4.98. The number of carbonyl (C=O) groups excluding carboxylic acids is 2. The van der Waals surface area contributed by atoms with Gasteiger partial charge in [0.05, 0.1) is 6.61 Å². The predicted molar refractivity (Wildman–Crippen MR) is 101 cm³/mol. The van der Waals surface area contributed by atoms with Crippen LogP contribution in [0.2, 0.25) is 0 Å². The predicted octanol–water partition coefficient (Wildman–Crippen LogP) is 3.71. The Morgan fingerprint density at radius 1 is 1.27 bits per heavy atom. The van der Waals surface area contributed by atoms with Crippen molar-refractivity contribution in [2.45, 2.75) is 39.0 Å². The third kappa shape index (κ3) is 5.01. The van der Waals surface area contributed by atoms with Gasteiger partial charge in [-0.1, -0.05) is 19.3 Å². The normalized spacial score (nSPS) is 14.7. The molecule has 0 saturated heterocycles. The van der Waals surface area contributed by atoms with Gasteiger partial charge < -0.3 is 15.4 Å². The largest absolute Gasteiger partial charge is 0.489 e. The number of anilines is 2.